The van der Waals surface area contributed by atoms with Crippen LogP contribution in [0.3, 0.4) is 0 Å². The minimum atomic E-state index is -0.340. The first-order valence-corrected chi connectivity index (χ1v) is 11.3. The molecule has 146 valence electrons. The monoisotopic (exact) mass is 441 g/mol. The van der Waals surface area contributed by atoms with Gasteiger partial charge in [-0.2, -0.15) is 0 Å². The van der Waals surface area contributed by atoms with Gasteiger partial charge in [0.1, 0.15) is 4.88 Å². The molecule has 1 aliphatic heterocycles. The topological polar surface area (TPSA) is 59.2 Å². The maximum Gasteiger partial charge on any atom is 0.277 e. The highest BCUT2D eigenvalue weighted by Crippen LogP contribution is 2.42. The Morgan fingerprint density at radius 1 is 1.21 bits per heavy atom. The van der Waals surface area contributed by atoms with Crippen molar-refractivity contribution < 1.29 is 9.21 Å². The molecule has 2 aromatic carbocycles. The Balaban J connectivity index is 1.35. The van der Waals surface area contributed by atoms with E-state index in [0.29, 0.717) is 22.7 Å². The molecule has 0 bridgehead atoms. The molecule has 0 radical (unpaired) electrons. The van der Waals surface area contributed by atoms with Crippen molar-refractivity contribution in [3.05, 3.63) is 59.1 Å². The zero-order valence-electron chi connectivity index (χ0n) is 15.5. The molecule has 8 heteroatoms. The lowest BCUT2D eigenvalue weighted by Crippen LogP contribution is -2.35. The van der Waals surface area contributed by atoms with Crippen LogP contribution in [0, 0.1) is 0 Å². The Hall–Kier alpha value is -2.35. The number of carbonyl (C=O) groups excluding carboxylic acids is 1. The van der Waals surface area contributed by atoms with E-state index in [0.717, 1.165) is 27.1 Å². The predicted molar refractivity (Wildman–Crippen MR) is 118 cm³/mol. The Morgan fingerprint density at radius 3 is 2.86 bits per heavy atom. The van der Waals surface area contributed by atoms with Gasteiger partial charge in [-0.25, -0.2) is 0 Å². The van der Waals surface area contributed by atoms with Crippen LogP contribution >= 0.6 is 34.7 Å². The fourth-order valence-corrected chi connectivity index (χ4v) is 5.67. The van der Waals surface area contributed by atoms with Crippen molar-refractivity contribution in [2.45, 2.75) is 23.8 Å². The first-order valence-electron chi connectivity index (χ1n) is 9.18. The molecule has 0 N–H and O–H groups in total. The third-order valence-electron chi connectivity index (χ3n) is 4.91. The second kappa shape index (κ2) is 7.48. The summed E-state index contributed by atoms with van der Waals surface area (Å²) in [6.45, 7) is 2.57. The summed E-state index contributed by atoms with van der Waals surface area (Å²) >= 11 is 9.29. The van der Waals surface area contributed by atoms with Crippen LogP contribution in [0.2, 0.25) is 5.02 Å². The van der Waals surface area contributed by atoms with Gasteiger partial charge < -0.3 is 9.32 Å². The highest BCUT2D eigenvalue weighted by molar-refractivity contribution is 8.00. The molecule has 1 atom stereocenters. The van der Waals surface area contributed by atoms with Crippen molar-refractivity contribution in [1.82, 2.24) is 10.2 Å². The van der Waals surface area contributed by atoms with Gasteiger partial charge >= 0.3 is 0 Å². The van der Waals surface area contributed by atoms with E-state index in [1.54, 1.807) is 0 Å². The number of hydrogen-bond donors (Lipinski definition) is 0. The zero-order valence-corrected chi connectivity index (χ0v) is 17.9. The van der Waals surface area contributed by atoms with Crippen molar-refractivity contribution in [3.63, 3.8) is 0 Å². The molecule has 3 heterocycles. The number of fused-ring (bicyclic) bond motifs is 2. The normalized spacial score (nSPS) is 14.3. The molecular formula is C21H16ClN3O2S2. The van der Waals surface area contributed by atoms with E-state index in [2.05, 4.69) is 16.3 Å². The van der Waals surface area contributed by atoms with E-state index < -0.39 is 0 Å². The standard InChI is InChI=1S/C21H16ClN3O2S2/c1-12(20(26)25-11-10-13-6-2-4-8-15(13)25)28-21-24-23-19(27-21)18-17(22)14-7-3-5-9-16(14)29-18/h2-9,12H,10-11H2,1H3. The number of anilines is 1. The molecule has 0 fully saturated rings. The van der Waals surface area contributed by atoms with Crippen molar-refractivity contribution >= 4 is 56.4 Å². The van der Waals surface area contributed by atoms with Gasteiger partial charge in [0.15, 0.2) is 0 Å². The Morgan fingerprint density at radius 2 is 2.00 bits per heavy atom. The summed E-state index contributed by atoms with van der Waals surface area (Å²) in [5.74, 6) is 0.421. The number of aromatic nitrogens is 2. The molecule has 0 saturated heterocycles. The molecule has 5 rings (SSSR count). The number of thioether (sulfide) groups is 1. The predicted octanol–water partition coefficient (Wildman–Crippen LogP) is 5.67. The molecule has 0 aliphatic carbocycles. The van der Waals surface area contributed by atoms with E-state index >= 15 is 0 Å². The van der Waals surface area contributed by atoms with Gasteiger partial charge in [-0.05, 0) is 31.0 Å². The fraction of sp³-hybridized carbons (Fsp3) is 0.190. The molecule has 0 spiro atoms. The average Bonchev–Trinajstić information content (AvgIpc) is 3.45. The summed E-state index contributed by atoms with van der Waals surface area (Å²) in [7, 11) is 0. The van der Waals surface area contributed by atoms with Gasteiger partial charge in [-0.15, -0.1) is 21.5 Å². The van der Waals surface area contributed by atoms with Gasteiger partial charge in [-0.3, -0.25) is 4.79 Å². The molecule has 1 aliphatic rings. The minimum absolute atomic E-state index is 0.0413. The van der Waals surface area contributed by atoms with Crippen LogP contribution in [0.4, 0.5) is 5.69 Å². The van der Waals surface area contributed by atoms with Crippen molar-refractivity contribution in [1.29, 1.82) is 0 Å². The van der Waals surface area contributed by atoms with Crippen LogP contribution in [0.25, 0.3) is 20.9 Å². The fourth-order valence-electron chi connectivity index (χ4n) is 3.49. The van der Waals surface area contributed by atoms with Crippen LogP contribution in [0.1, 0.15) is 12.5 Å². The molecular weight excluding hydrogens is 426 g/mol. The van der Waals surface area contributed by atoms with E-state index in [1.165, 1.54) is 28.7 Å². The maximum atomic E-state index is 13.0. The van der Waals surface area contributed by atoms with Crippen LogP contribution in [-0.2, 0) is 11.2 Å². The van der Waals surface area contributed by atoms with Crippen molar-refractivity contribution in [2.75, 3.05) is 11.4 Å². The lowest BCUT2D eigenvalue weighted by Gasteiger charge is -2.20. The van der Waals surface area contributed by atoms with E-state index in [4.69, 9.17) is 16.0 Å². The lowest BCUT2D eigenvalue weighted by molar-refractivity contribution is -0.117. The van der Waals surface area contributed by atoms with E-state index in [9.17, 15) is 4.79 Å². The first-order chi connectivity index (χ1) is 14.1. The number of hydrogen-bond acceptors (Lipinski definition) is 6. The SMILES string of the molecule is CC(Sc1nnc(-c2sc3ccccc3c2Cl)o1)C(=O)N1CCc2ccccc21. The number of rotatable bonds is 4. The summed E-state index contributed by atoms with van der Waals surface area (Å²) in [4.78, 5) is 15.5. The second-order valence-corrected chi connectivity index (χ2v) is 9.47. The first kappa shape index (κ1) is 18.7. The quantitative estimate of drug-likeness (QED) is 0.381. The van der Waals surface area contributed by atoms with Gasteiger partial charge in [0.2, 0.25) is 5.91 Å². The van der Waals surface area contributed by atoms with Crippen LogP contribution in [0.15, 0.2) is 58.2 Å². The number of halogens is 1. The molecule has 1 amide bonds. The summed E-state index contributed by atoms with van der Waals surface area (Å²) in [5.41, 5.74) is 2.20. The molecule has 5 nitrogen and oxygen atoms in total. The van der Waals surface area contributed by atoms with Gasteiger partial charge in [0.25, 0.3) is 11.1 Å². The van der Waals surface area contributed by atoms with Crippen LogP contribution < -0.4 is 4.90 Å². The number of thiophene rings is 1. The van der Waals surface area contributed by atoms with Crippen molar-refractivity contribution in [3.8, 4) is 10.8 Å². The van der Waals surface area contributed by atoms with E-state index in [1.807, 2.05) is 54.3 Å². The van der Waals surface area contributed by atoms with Gasteiger partial charge in [0.05, 0.1) is 10.3 Å². The summed E-state index contributed by atoms with van der Waals surface area (Å²) in [5, 5.41) is 9.88. The Bertz CT molecular complexity index is 1220. The number of nitrogens with zero attached hydrogens (tertiary/aromatic N) is 3. The largest absolute Gasteiger partial charge is 0.410 e. The molecule has 1 unspecified atom stereocenters. The molecule has 2 aromatic heterocycles. The number of benzene rings is 2. The molecule has 29 heavy (non-hydrogen) atoms. The summed E-state index contributed by atoms with van der Waals surface area (Å²) in [6.07, 6.45) is 0.883. The summed E-state index contributed by atoms with van der Waals surface area (Å²) < 4.78 is 6.89. The maximum absolute atomic E-state index is 13.0. The van der Waals surface area contributed by atoms with Gasteiger partial charge in [0, 0.05) is 22.3 Å². The lowest BCUT2D eigenvalue weighted by atomic mass is 10.2. The smallest absolute Gasteiger partial charge is 0.277 e. The van der Waals surface area contributed by atoms with Crippen LogP contribution in [0.5, 0.6) is 0 Å². The Labute approximate surface area is 180 Å². The molecule has 0 saturated carbocycles. The number of carbonyl (C=O) groups is 1. The second-order valence-electron chi connectivity index (χ2n) is 6.74. The summed E-state index contributed by atoms with van der Waals surface area (Å²) in [6, 6.07) is 15.9. The average molecular weight is 442 g/mol. The number of para-hydroxylation sites is 1. The third-order valence-corrected chi connectivity index (χ3v) is 7.50. The van der Waals surface area contributed by atoms with Crippen LogP contribution in [-0.4, -0.2) is 27.9 Å². The van der Waals surface area contributed by atoms with Gasteiger partial charge in [-0.1, -0.05) is 59.8 Å². The Kier molecular flexibility index (Phi) is 4.81. The zero-order chi connectivity index (χ0) is 20.0. The third kappa shape index (κ3) is 3.33. The highest BCUT2D eigenvalue weighted by atomic mass is 35.5. The minimum Gasteiger partial charge on any atom is -0.410 e. The molecule has 4 aromatic rings. The van der Waals surface area contributed by atoms with Crippen molar-refractivity contribution in [2.24, 2.45) is 0 Å². The van der Waals surface area contributed by atoms with E-state index in [-0.39, 0.29) is 11.2 Å². The number of amides is 1. The highest BCUT2D eigenvalue weighted by Gasteiger charge is 2.29.